The van der Waals surface area contributed by atoms with Crippen LogP contribution in [0.4, 0.5) is 10.1 Å². The number of hydrogen-bond acceptors (Lipinski definition) is 8. The topological polar surface area (TPSA) is 114 Å². The number of aliphatic hydroxyl groups is 2. The summed E-state index contributed by atoms with van der Waals surface area (Å²) in [5.74, 6) is -3.07. The Morgan fingerprint density at radius 1 is 1.27 bits per heavy atom. The first-order chi connectivity index (χ1) is 19.0. The van der Waals surface area contributed by atoms with Crippen molar-refractivity contribution >= 4 is 17.9 Å². The van der Waals surface area contributed by atoms with Crippen LogP contribution >= 0.6 is 0 Å². The summed E-state index contributed by atoms with van der Waals surface area (Å²) >= 11 is 0. The summed E-state index contributed by atoms with van der Waals surface area (Å²) in [5.41, 5.74) is 2.12. The van der Waals surface area contributed by atoms with E-state index in [0.29, 0.717) is 54.9 Å². The number of likely N-dealkylation sites (N-methyl/N-ethyl adjacent to an activating group) is 2. The monoisotopic (exact) mass is 556 g/mol. The fourth-order valence-electron chi connectivity index (χ4n) is 5.12. The second-order valence-electron chi connectivity index (χ2n) is 10.4. The molecule has 0 spiro atoms. The Morgan fingerprint density at radius 3 is 2.58 bits per heavy atom. The van der Waals surface area contributed by atoms with E-state index in [1.165, 1.54) is 17.0 Å². The summed E-state index contributed by atoms with van der Waals surface area (Å²) in [6.45, 7) is 8.42. The van der Waals surface area contributed by atoms with Gasteiger partial charge in [0.1, 0.15) is 12.1 Å². The summed E-state index contributed by atoms with van der Waals surface area (Å²) in [6.07, 6.45) is 3.36. The molecule has 2 aromatic carbocycles. The molecule has 1 amide bonds. The quantitative estimate of drug-likeness (QED) is 0.169. The number of rotatable bonds is 13. The number of nitrogens with one attached hydrogen (secondary N) is 2. The number of hydrogen-bond donors (Lipinski definition) is 4. The average molecular weight is 557 g/mol. The van der Waals surface area contributed by atoms with E-state index in [9.17, 15) is 19.8 Å². The Bertz CT molecular complexity index is 1180. The molecule has 0 aromatic heterocycles. The van der Waals surface area contributed by atoms with E-state index in [1.54, 1.807) is 31.3 Å². The predicted molar refractivity (Wildman–Crippen MR) is 152 cm³/mol. The molecule has 218 valence electrons. The van der Waals surface area contributed by atoms with Gasteiger partial charge in [0, 0.05) is 55.6 Å². The Kier molecular flexibility index (Phi) is 11.0. The average Bonchev–Trinajstić information content (AvgIpc) is 2.92. The summed E-state index contributed by atoms with van der Waals surface area (Å²) < 4.78 is 20.9. The van der Waals surface area contributed by atoms with Crippen molar-refractivity contribution < 1.29 is 28.9 Å². The lowest BCUT2D eigenvalue weighted by molar-refractivity contribution is -0.298. The summed E-state index contributed by atoms with van der Waals surface area (Å²) in [7, 11) is 3.40. The van der Waals surface area contributed by atoms with Gasteiger partial charge < -0.3 is 25.6 Å². The summed E-state index contributed by atoms with van der Waals surface area (Å²) in [5, 5.41) is 27.7. The number of carbonyl (C=O) groups is 2. The molecule has 3 unspecified atom stereocenters. The van der Waals surface area contributed by atoms with Gasteiger partial charge in [-0.25, -0.2) is 9.29 Å². The first-order valence-electron chi connectivity index (χ1n) is 13.5. The molecule has 1 saturated heterocycles. The maximum atomic E-state index is 15.2. The smallest absolute Gasteiger partial charge is 0.253 e. The zero-order valence-electron chi connectivity index (χ0n) is 23.7. The molecule has 10 heteroatoms. The van der Waals surface area contributed by atoms with E-state index in [4.69, 9.17) is 4.74 Å². The Morgan fingerprint density at radius 2 is 1.98 bits per heavy atom. The number of nitrogens with zero attached hydrogens (tertiary/aromatic N) is 2. The Labute approximate surface area is 235 Å². The van der Waals surface area contributed by atoms with Gasteiger partial charge in [-0.1, -0.05) is 30.3 Å². The number of aldehydes is 1. The zero-order valence-corrected chi connectivity index (χ0v) is 23.7. The molecule has 0 bridgehead atoms. The zero-order chi connectivity index (χ0) is 29.4. The van der Waals surface area contributed by atoms with Crippen molar-refractivity contribution in [1.82, 2.24) is 15.1 Å². The van der Waals surface area contributed by atoms with Crippen molar-refractivity contribution in [3.63, 3.8) is 0 Å². The number of ether oxygens (including phenoxy) is 1. The molecule has 0 saturated carbocycles. The van der Waals surface area contributed by atoms with Crippen molar-refractivity contribution in [2.75, 3.05) is 32.5 Å². The fraction of sp³-hybridized carbons (Fsp3) is 0.467. The third kappa shape index (κ3) is 7.52. The highest BCUT2D eigenvalue weighted by Gasteiger charge is 2.39. The molecule has 3 atom stereocenters. The molecule has 1 heterocycles. The van der Waals surface area contributed by atoms with Crippen molar-refractivity contribution in [3.05, 3.63) is 77.1 Å². The van der Waals surface area contributed by atoms with Crippen molar-refractivity contribution in [1.29, 1.82) is 0 Å². The lowest BCUT2D eigenvalue weighted by Gasteiger charge is -2.42. The van der Waals surface area contributed by atoms with Crippen LogP contribution in [-0.4, -0.2) is 77.6 Å². The molecule has 0 aliphatic carbocycles. The standard InChI is InChI=1S/C30H41FN4O5/c1-6-7-11-28(29(37)32-4)34(5)18-25-23(19-36)9-8-10-27(25)33-15-22-12-13-24(14-26(22)31)30(38,39)35-16-20(2)40-21(3)17-35/h6,8-10,12-14,19-21,28,33,38-39H,1,7,11,15-18H2,2-5H3,(H,32,37). The number of carbonyl (C=O) groups excluding carboxylic acids is 2. The first-order valence-corrected chi connectivity index (χ1v) is 13.5. The largest absolute Gasteiger partial charge is 0.381 e. The SMILES string of the molecule is C=CCCC(C(=O)NC)N(C)Cc1c(C=O)cccc1NCc1ccc(C(O)(O)N2CC(C)OC(C)C2)cc1F. The minimum absolute atomic E-state index is 0.0279. The van der Waals surface area contributed by atoms with Gasteiger partial charge in [-0.3, -0.25) is 14.5 Å². The van der Waals surface area contributed by atoms with Gasteiger partial charge in [0.25, 0.3) is 5.91 Å². The second kappa shape index (κ2) is 14.0. The number of amides is 1. The number of halogens is 1. The normalized spacial score (nSPS) is 18.8. The predicted octanol–water partition coefficient (Wildman–Crippen LogP) is 2.97. The van der Waals surface area contributed by atoms with Crippen molar-refractivity contribution in [3.8, 4) is 0 Å². The molecule has 1 aliphatic rings. The number of benzene rings is 2. The van der Waals surface area contributed by atoms with Crippen LogP contribution in [0.15, 0.2) is 49.1 Å². The third-order valence-electron chi connectivity index (χ3n) is 7.24. The highest BCUT2D eigenvalue weighted by Crippen LogP contribution is 2.29. The Hall–Kier alpha value is -3.15. The van der Waals surface area contributed by atoms with Crippen LogP contribution in [0.2, 0.25) is 0 Å². The molecule has 40 heavy (non-hydrogen) atoms. The lowest BCUT2D eigenvalue weighted by atomic mass is 10.0. The van der Waals surface area contributed by atoms with Crippen molar-refractivity contribution in [2.45, 2.75) is 63.9 Å². The van der Waals surface area contributed by atoms with Gasteiger partial charge in [-0.05, 0) is 51.4 Å². The minimum atomic E-state index is -2.35. The van der Waals surface area contributed by atoms with E-state index in [0.717, 1.165) is 12.4 Å². The Balaban J connectivity index is 1.79. The van der Waals surface area contributed by atoms with Gasteiger partial charge in [-0.15, -0.1) is 6.58 Å². The van der Waals surface area contributed by atoms with Crippen LogP contribution in [-0.2, 0) is 28.5 Å². The van der Waals surface area contributed by atoms with E-state index in [2.05, 4.69) is 17.2 Å². The minimum Gasteiger partial charge on any atom is -0.381 e. The van der Waals surface area contributed by atoms with Gasteiger partial charge in [-0.2, -0.15) is 0 Å². The molecule has 2 aromatic rings. The van der Waals surface area contributed by atoms with Gasteiger partial charge in [0.15, 0.2) is 0 Å². The van der Waals surface area contributed by atoms with Crippen LogP contribution in [0.3, 0.4) is 0 Å². The third-order valence-corrected chi connectivity index (χ3v) is 7.24. The van der Waals surface area contributed by atoms with Crippen LogP contribution in [0, 0.1) is 5.82 Å². The highest BCUT2D eigenvalue weighted by atomic mass is 19.1. The molecule has 9 nitrogen and oxygen atoms in total. The molecule has 3 rings (SSSR count). The molecular weight excluding hydrogens is 515 g/mol. The summed E-state index contributed by atoms with van der Waals surface area (Å²) in [4.78, 5) is 27.7. The van der Waals surface area contributed by atoms with E-state index >= 15 is 4.39 Å². The maximum absolute atomic E-state index is 15.2. The molecular formula is C30H41FN4O5. The second-order valence-corrected chi connectivity index (χ2v) is 10.4. The van der Waals surface area contributed by atoms with Gasteiger partial charge in [0.05, 0.1) is 18.2 Å². The van der Waals surface area contributed by atoms with Crippen molar-refractivity contribution in [2.24, 2.45) is 0 Å². The molecule has 0 radical (unpaired) electrons. The summed E-state index contributed by atoms with van der Waals surface area (Å²) in [6, 6.07) is 8.95. The molecule has 1 fully saturated rings. The van der Waals surface area contributed by atoms with E-state index in [-0.39, 0.29) is 30.2 Å². The number of morpholine rings is 1. The van der Waals surface area contributed by atoms with Crippen LogP contribution in [0.5, 0.6) is 0 Å². The lowest BCUT2D eigenvalue weighted by Crippen LogP contribution is -2.55. The highest BCUT2D eigenvalue weighted by molar-refractivity contribution is 5.82. The molecule has 4 N–H and O–H groups in total. The molecule has 1 aliphatic heterocycles. The number of anilines is 1. The van der Waals surface area contributed by atoms with Crippen LogP contribution in [0.1, 0.15) is 53.7 Å². The van der Waals surface area contributed by atoms with Crippen LogP contribution in [0.25, 0.3) is 0 Å². The van der Waals surface area contributed by atoms with Gasteiger partial charge in [0.2, 0.25) is 5.91 Å². The van der Waals surface area contributed by atoms with Gasteiger partial charge >= 0.3 is 0 Å². The van der Waals surface area contributed by atoms with Crippen LogP contribution < -0.4 is 10.6 Å². The fourth-order valence-corrected chi connectivity index (χ4v) is 5.12. The maximum Gasteiger partial charge on any atom is 0.253 e. The number of allylic oxidation sites excluding steroid dienone is 1. The first kappa shape index (κ1) is 31.4. The van der Waals surface area contributed by atoms with E-state index < -0.39 is 17.8 Å². The van der Waals surface area contributed by atoms with E-state index in [1.807, 2.05) is 25.8 Å².